The van der Waals surface area contributed by atoms with Gasteiger partial charge in [-0.2, -0.15) is 0 Å². The van der Waals surface area contributed by atoms with Gasteiger partial charge in [-0.05, 0) is 48.4 Å². The fraction of sp³-hybridized carbons (Fsp3) is 0.333. The minimum absolute atomic E-state index is 0.560. The Morgan fingerprint density at radius 2 is 1.42 bits per heavy atom. The fourth-order valence-corrected chi connectivity index (χ4v) is 3.27. The van der Waals surface area contributed by atoms with E-state index in [2.05, 4.69) is 41.8 Å². The maximum atomic E-state index is 6.01. The molecule has 3 rings (SSSR count). The second-order valence-corrected chi connectivity index (χ2v) is 7.56. The summed E-state index contributed by atoms with van der Waals surface area (Å²) in [4.78, 5) is 0. The first kappa shape index (κ1) is 22.5. The number of anilines is 2. The summed E-state index contributed by atoms with van der Waals surface area (Å²) in [6.45, 7) is 5.18. The van der Waals surface area contributed by atoms with Crippen LogP contribution in [-0.2, 0) is 6.61 Å². The molecule has 4 nitrogen and oxygen atoms in total. The number of hydrogen-bond donors (Lipinski definition) is 2. The van der Waals surface area contributed by atoms with Crippen LogP contribution in [0.2, 0.25) is 0 Å². The number of nitrogens with one attached hydrogen (secondary N) is 2. The van der Waals surface area contributed by atoms with E-state index in [1.54, 1.807) is 0 Å². The van der Waals surface area contributed by atoms with Gasteiger partial charge in [-0.1, -0.05) is 68.7 Å². The Morgan fingerprint density at radius 1 is 0.677 bits per heavy atom. The van der Waals surface area contributed by atoms with Gasteiger partial charge in [-0.25, -0.2) is 0 Å². The van der Waals surface area contributed by atoms with Crippen LogP contribution in [0.15, 0.2) is 78.9 Å². The van der Waals surface area contributed by atoms with Crippen molar-refractivity contribution >= 4 is 11.4 Å². The monoisotopic (exact) mass is 418 g/mol. The van der Waals surface area contributed by atoms with Crippen LogP contribution in [-0.4, -0.2) is 19.7 Å². The van der Waals surface area contributed by atoms with Gasteiger partial charge >= 0.3 is 0 Å². The molecule has 31 heavy (non-hydrogen) atoms. The van der Waals surface area contributed by atoms with E-state index in [0.717, 1.165) is 54.6 Å². The van der Waals surface area contributed by atoms with Crippen molar-refractivity contribution < 1.29 is 9.47 Å². The molecule has 0 aliphatic carbocycles. The molecule has 0 atom stereocenters. The van der Waals surface area contributed by atoms with Crippen molar-refractivity contribution in [1.29, 1.82) is 0 Å². The molecule has 0 amide bonds. The fourth-order valence-electron chi connectivity index (χ4n) is 3.27. The van der Waals surface area contributed by atoms with Crippen LogP contribution in [0.4, 0.5) is 11.4 Å². The average Bonchev–Trinajstić information content (AvgIpc) is 2.82. The zero-order valence-electron chi connectivity index (χ0n) is 18.5. The van der Waals surface area contributed by atoms with E-state index >= 15 is 0 Å². The lowest BCUT2D eigenvalue weighted by Gasteiger charge is -2.14. The van der Waals surface area contributed by atoms with Gasteiger partial charge in [0.1, 0.15) is 18.1 Å². The molecule has 3 aromatic rings. The maximum absolute atomic E-state index is 6.01. The molecule has 0 aliphatic heterocycles. The lowest BCUT2D eigenvalue weighted by molar-refractivity contribution is 0.305. The van der Waals surface area contributed by atoms with Gasteiger partial charge in [-0.15, -0.1) is 0 Å². The van der Waals surface area contributed by atoms with Crippen molar-refractivity contribution in [3.63, 3.8) is 0 Å². The second kappa shape index (κ2) is 13.2. The van der Waals surface area contributed by atoms with E-state index in [4.69, 9.17) is 9.47 Å². The first-order valence-electron chi connectivity index (χ1n) is 11.3. The summed E-state index contributed by atoms with van der Waals surface area (Å²) in [5.41, 5.74) is 3.26. The predicted molar refractivity (Wildman–Crippen MR) is 130 cm³/mol. The highest BCUT2D eigenvalue weighted by molar-refractivity contribution is 5.56. The summed E-state index contributed by atoms with van der Waals surface area (Å²) < 4.78 is 11.8. The molecular formula is C27H34N2O2. The van der Waals surface area contributed by atoms with Crippen LogP contribution in [0.25, 0.3) is 0 Å². The van der Waals surface area contributed by atoms with Crippen LogP contribution in [0, 0.1) is 0 Å². The Bertz CT molecular complexity index is 866. The summed E-state index contributed by atoms with van der Waals surface area (Å²) in [6, 6.07) is 26.5. The summed E-state index contributed by atoms with van der Waals surface area (Å²) in [5.74, 6) is 1.80. The van der Waals surface area contributed by atoms with E-state index in [1.807, 2.05) is 54.6 Å². The summed E-state index contributed by atoms with van der Waals surface area (Å²) >= 11 is 0. The van der Waals surface area contributed by atoms with Crippen molar-refractivity contribution in [2.45, 2.75) is 39.2 Å². The highest BCUT2D eigenvalue weighted by atomic mass is 16.5. The molecule has 3 aromatic carbocycles. The Labute approximate surface area is 186 Å². The molecule has 0 heterocycles. The minimum Gasteiger partial charge on any atom is -0.494 e. The smallest absolute Gasteiger partial charge is 0.142 e. The zero-order chi connectivity index (χ0) is 21.6. The second-order valence-electron chi connectivity index (χ2n) is 7.56. The van der Waals surface area contributed by atoms with Gasteiger partial charge in [0.25, 0.3) is 0 Å². The molecule has 164 valence electrons. The summed E-state index contributed by atoms with van der Waals surface area (Å²) in [7, 11) is 0. The number of benzene rings is 3. The number of unbranched alkanes of at least 4 members (excludes halogenated alkanes) is 3. The third kappa shape index (κ3) is 8.25. The predicted octanol–water partition coefficient (Wildman–Crippen LogP) is 6.75. The van der Waals surface area contributed by atoms with E-state index in [1.165, 1.54) is 19.3 Å². The highest BCUT2D eigenvalue weighted by Gasteiger charge is 2.03. The van der Waals surface area contributed by atoms with Crippen LogP contribution in [0.5, 0.6) is 11.5 Å². The number of hydrogen-bond acceptors (Lipinski definition) is 4. The molecule has 0 bridgehead atoms. The lowest BCUT2D eigenvalue weighted by Crippen LogP contribution is -2.14. The third-order valence-corrected chi connectivity index (χ3v) is 5.01. The van der Waals surface area contributed by atoms with Gasteiger partial charge in [0, 0.05) is 18.8 Å². The molecule has 0 aromatic heterocycles. The Hall–Kier alpha value is -3.14. The van der Waals surface area contributed by atoms with Gasteiger partial charge in [0.05, 0.1) is 12.3 Å². The average molecular weight is 419 g/mol. The highest BCUT2D eigenvalue weighted by Crippen LogP contribution is 2.24. The molecule has 0 saturated heterocycles. The minimum atomic E-state index is 0.560. The molecular weight excluding hydrogens is 384 g/mol. The topological polar surface area (TPSA) is 42.5 Å². The lowest BCUT2D eigenvalue weighted by atomic mass is 10.2. The first-order chi connectivity index (χ1) is 15.3. The number of para-hydroxylation sites is 2. The van der Waals surface area contributed by atoms with E-state index in [-0.39, 0.29) is 0 Å². The van der Waals surface area contributed by atoms with Gasteiger partial charge in [0.2, 0.25) is 0 Å². The Kier molecular flexibility index (Phi) is 9.61. The molecule has 0 fully saturated rings. The molecule has 0 aliphatic rings. The number of rotatable bonds is 14. The molecule has 0 unspecified atom stereocenters. The molecule has 0 radical (unpaired) electrons. The van der Waals surface area contributed by atoms with Crippen molar-refractivity contribution in [3.8, 4) is 11.5 Å². The van der Waals surface area contributed by atoms with Crippen LogP contribution in [0.3, 0.4) is 0 Å². The van der Waals surface area contributed by atoms with Crippen LogP contribution >= 0.6 is 0 Å². The van der Waals surface area contributed by atoms with Crippen molar-refractivity contribution in [2.75, 3.05) is 30.3 Å². The zero-order valence-corrected chi connectivity index (χ0v) is 18.5. The third-order valence-electron chi connectivity index (χ3n) is 5.01. The van der Waals surface area contributed by atoms with Gasteiger partial charge in [-0.3, -0.25) is 0 Å². The molecule has 0 saturated carbocycles. The quantitative estimate of drug-likeness (QED) is 0.284. The summed E-state index contributed by atoms with van der Waals surface area (Å²) in [6.07, 6.45) is 4.89. The van der Waals surface area contributed by atoms with E-state index in [0.29, 0.717) is 6.61 Å². The number of ether oxygens (including phenoxy) is 2. The SMILES string of the molecule is CCCCCCOc1ccc(NCCNc2ccccc2OCc2ccccc2)cc1. The molecule has 0 spiro atoms. The van der Waals surface area contributed by atoms with E-state index < -0.39 is 0 Å². The normalized spacial score (nSPS) is 10.5. The van der Waals surface area contributed by atoms with Crippen molar-refractivity contribution in [3.05, 3.63) is 84.4 Å². The molecule has 2 N–H and O–H groups in total. The first-order valence-corrected chi connectivity index (χ1v) is 11.3. The van der Waals surface area contributed by atoms with Gasteiger partial charge in [0.15, 0.2) is 0 Å². The van der Waals surface area contributed by atoms with E-state index in [9.17, 15) is 0 Å². The van der Waals surface area contributed by atoms with Gasteiger partial charge < -0.3 is 20.1 Å². The Morgan fingerprint density at radius 3 is 2.23 bits per heavy atom. The maximum Gasteiger partial charge on any atom is 0.142 e. The Balaban J connectivity index is 1.38. The largest absolute Gasteiger partial charge is 0.494 e. The van der Waals surface area contributed by atoms with Crippen molar-refractivity contribution in [2.24, 2.45) is 0 Å². The van der Waals surface area contributed by atoms with Crippen LogP contribution in [0.1, 0.15) is 38.2 Å². The van der Waals surface area contributed by atoms with Crippen LogP contribution < -0.4 is 20.1 Å². The molecule has 4 heteroatoms. The standard InChI is InChI=1S/C27H34N2O2/c1-2-3-4-10-21-30-25-17-15-24(16-18-25)28-19-20-29-26-13-8-9-14-27(26)31-22-23-11-6-5-7-12-23/h5-9,11-18,28-29H,2-4,10,19-22H2,1H3. The van der Waals surface area contributed by atoms with Crippen molar-refractivity contribution in [1.82, 2.24) is 0 Å². The summed E-state index contributed by atoms with van der Waals surface area (Å²) in [5, 5.41) is 6.91.